The van der Waals surface area contributed by atoms with Crippen LogP contribution in [0.1, 0.15) is 36.7 Å². The minimum absolute atomic E-state index is 0.483. The minimum atomic E-state index is -0.549. The Kier molecular flexibility index (Phi) is 3.60. The third-order valence-electron chi connectivity index (χ3n) is 4.32. The highest BCUT2D eigenvalue weighted by Gasteiger charge is 2.35. The highest BCUT2D eigenvalue weighted by atomic mass is 16.5. The lowest BCUT2D eigenvalue weighted by Crippen LogP contribution is -2.46. The maximum Gasteiger partial charge on any atom is 0.110 e. The summed E-state index contributed by atoms with van der Waals surface area (Å²) in [5.74, 6) is 1.58. The van der Waals surface area contributed by atoms with Crippen LogP contribution in [0.5, 0.6) is 0 Å². The van der Waals surface area contributed by atoms with Gasteiger partial charge in [-0.1, -0.05) is 0 Å². The molecule has 0 bridgehead atoms. The van der Waals surface area contributed by atoms with E-state index in [0.29, 0.717) is 19.1 Å². The number of aliphatic hydroxyl groups is 1. The Bertz CT molecular complexity index is 426. The van der Waals surface area contributed by atoms with E-state index in [4.69, 9.17) is 4.74 Å². The molecule has 3 rings (SSSR count). The zero-order valence-corrected chi connectivity index (χ0v) is 11.6. The van der Waals surface area contributed by atoms with Crippen LogP contribution in [-0.2, 0) is 4.74 Å². The van der Waals surface area contributed by atoms with Crippen molar-refractivity contribution in [3.8, 4) is 0 Å². The Morgan fingerprint density at radius 2 is 2.32 bits per heavy atom. The van der Waals surface area contributed by atoms with Gasteiger partial charge in [-0.25, -0.2) is 4.98 Å². The van der Waals surface area contributed by atoms with Gasteiger partial charge in [0, 0.05) is 57.0 Å². The lowest BCUT2D eigenvalue weighted by Gasteiger charge is -2.35. The fourth-order valence-electron chi connectivity index (χ4n) is 3.17. The van der Waals surface area contributed by atoms with Crippen LogP contribution < -0.4 is 0 Å². The molecule has 1 aromatic heterocycles. The molecule has 1 aromatic rings. The van der Waals surface area contributed by atoms with Crippen molar-refractivity contribution in [3.05, 3.63) is 17.7 Å². The summed E-state index contributed by atoms with van der Waals surface area (Å²) in [5, 5.41) is 10.5. The molecule has 3 heterocycles. The number of aromatic nitrogens is 2. The fourth-order valence-corrected chi connectivity index (χ4v) is 3.17. The Balaban J connectivity index is 1.57. The minimum Gasteiger partial charge on any atom is -0.388 e. The molecule has 0 radical (unpaired) electrons. The van der Waals surface area contributed by atoms with Crippen molar-refractivity contribution in [1.82, 2.24) is 14.9 Å². The van der Waals surface area contributed by atoms with Crippen molar-refractivity contribution in [2.75, 3.05) is 32.8 Å². The van der Waals surface area contributed by atoms with Crippen molar-refractivity contribution >= 4 is 0 Å². The van der Waals surface area contributed by atoms with E-state index in [1.165, 1.54) is 0 Å². The summed E-state index contributed by atoms with van der Waals surface area (Å²) in [4.78, 5) is 10.1. The van der Waals surface area contributed by atoms with Crippen molar-refractivity contribution in [2.45, 2.75) is 37.7 Å². The summed E-state index contributed by atoms with van der Waals surface area (Å²) in [6.07, 6.45) is 4.53. The van der Waals surface area contributed by atoms with Gasteiger partial charge in [-0.3, -0.25) is 4.90 Å². The number of ether oxygens (including phenoxy) is 1. The largest absolute Gasteiger partial charge is 0.388 e. The first-order valence-electron chi connectivity index (χ1n) is 7.19. The van der Waals surface area contributed by atoms with Crippen LogP contribution in [-0.4, -0.2) is 58.4 Å². The van der Waals surface area contributed by atoms with Gasteiger partial charge in [0.2, 0.25) is 0 Å². The van der Waals surface area contributed by atoms with Gasteiger partial charge < -0.3 is 14.8 Å². The fraction of sp³-hybridized carbons (Fsp3) is 0.786. The van der Waals surface area contributed by atoms with Crippen LogP contribution in [0.15, 0.2) is 6.20 Å². The molecule has 0 aromatic carbocycles. The van der Waals surface area contributed by atoms with E-state index in [0.717, 1.165) is 50.4 Å². The Morgan fingerprint density at radius 1 is 1.53 bits per heavy atom. The van der Waals surface area contributed by atoms with E-state index in [9.17, 15) is 5.11 Å². The SMILES string of the molecule is Cc1cnc([C@H]2CCN(CC3(O)CCOCC3)C2)[nH]1. The van der Waals surface area contributed by atoms with Crippen LogP contribution in [0, 0.1) is 6.92 Å². The Labute approximate surface area is 114 Å². The predicted molar refractivity (Wildman–Crippen MR) is 72.1 cm³/mol. The summed E-state index contributed by atoms with van der Waals surface area (Å²) in [6, 6.07) is 0. The number of rotatable bonds is 3. The summed E-state index contributed by atoms with van der Waals surface area (Å²) in [7, 11) is 0. The van der Waals surface area contributed by atoms with Crippen molar-refractivity contribution < 1.29 is 9.84 Å². The topological polar surface area (TPSA) is 61.4 Å². The van der Waals surface area contributed by atoms with Crippen LogP contribution in [0.2, 0.25) is 0 Å². The number of aryl methyl sites for hydroxylation is 1. The molecular formula is C14H23N3O2. The molecule has 19 heavy (non-hydrogen) atoms. The smallest absolute Gasteiger partial charge is 0.110 e. The number of hydrogen-bond acceptors (Lipinski definition) is 4. The van der Waals surface area contributed by atoms with E-state index in [2.05, 4.69) is 14.9 Å². The zero-order chi connectivity index (χ0) is 13.3. The first kappa shape index (κ1) is 13.1. The quantitative estimate of drug-likeness (QED) is 0.857. The van der Waals surface area contributed by atoms with Crippen molar-refractivity contribution in [1.29, 1.82) is 0 Å². The van der Waals surface area contributed by atoms with E-state index < -0.39 is 5.60 Å². The first-order chi connectivity index (χ1) is 9.15. The van der Waals surface area contributed by atoms with E-state index >= 15 is 0 Å². The van der Waals surface area contributed by atoms with Crippen LogP contribution in [0.25, 0.3) is 0 Å². The third-order valence-corrected chi connectivity index (χ3v) is 4.32. The molecule has 0 aliphatic carbocycles. The van der Waals surface area contributed by atoms with Gasteiger partial charge in [0.15, 0.2) is 0 Å². The van der Waals surface area contributed by atoms with Crippen LogP contribution in [0.4, 0.5) is 0 Å². The predicted octanol–water partition coefficient (Wildman–Crippen LogP) is 1.05. The van der Waals surface area contributed by atoms with Gasteiger partial charge in [0.05, 0.1) is 5.60 Å². The van der Waals surface area contributed by atoms with Crippen LogP contribution in [0.3, 0.4) is 0 Å². The zero-order valence-electron chi connectivity index (χ0n) is 11.6. The van der Waals surface area contributed by atoms with Crippen molar-refractivity contribution in [2.24, 2.45) is 0 Å². The molecule has 2 aliphatic rings. The molecule has 2 saturated heterocycles. The second-order valence-electron chi connectivity index (χ2n) is 6.01. The Morgan fingerprint density at radius 3 is 3.00 bits per heavy atom. The standard InChI is InChI=1S/C14H23N3O2/c1-11-8-15-13(16-11)12-2-5-17(9-12)10-14(18)3-6-19-7-4-14/h8,12,18H,2-7,9-10H2,1H3,(H,15,16)/t12-/m0/s1. The lowest BCUT2D eigenvalue weighted by molar-refractivity contribution is -0.0773. The summed E-state index contributed by atoms with van der Waals surface area (Å²) < 4.78 is 5.33. The molecular weight excluding hydrogens is 242 g/mol. The van der Waals surface area contributed by atoms with Gasteiger partial charge >= 0.3 is 0 Å². The molecule has 5 heteroatoms. The van der Waals surface area contributed by atoms with E-state index in [1.54, 1.807) is 0 Å². The van der Waals surface area contributed by atoms with Gasteiger partial charge in [-0.15, -0.1) is 0 Å². The average molecular weight is 265 g/mol. The molecule has 5 nitrogen and oxygen atoms in total. The number of β-amino-alcohol motifs (C(OH)–C–C–N with tert-alkyl or cyclic N) is 1. The average Bonchev–Trinajstić information content (AvgIpc) is 2.98. The Hall–Kier alpha value is -0.910. The summed E-state index contributed by atoms with van der Waals surface area (Å²) in [5.41, 5.74) is 0.572. The lowest BCUT2D eigenvalue weighted by atomic mass is 9.94. The van der Waals surface area contributed by atoms with Gasteiger partial charge in [0.1, 0.15) is 5.82 Å². The third kappa shape index (κ3) is 2.99. The number of likely N-dealkylation sites (tertiary alicyclic amines) is 1. The molecule has 1 atom stereocenters. The van der Waals surface area contributed by atoms with Crippen molar-refractivity contribution in [3.63, 3.8) is 0 Å². The maximum atomic E-state index is 10.5. The number of hydrogen-bond donors (Lipinski definition) is 2. The molecule has 2 fully saturated rings. The number of aromatic amines is 1. The van der Waals surface area contributed by atoms with E-state index in [-0.39, 0.29) is 0 Å². The molecule has 2 N–H and O–H groups in total. The van der Waals surface area contributed by atoms with E-state index in [1.807, 2.05) is 13.1 Å². The molecule has 0 amide bonds. The summed E-state index contributed by atoms with van der Waals surface area (Å²) >= 11 is 0. The van der Waals surface area contributed by atoms with Gasteiger partial charge in [-0.05, 0) is 19.9 Å². The first-order valence-corrected chi connectivity index (χ1v) is 7.19. The van der Waals surface area contributed by atoms with Gasteiger partial charge in [0.25, 0.3) is 0 Å². The molecule has 0 spiro atoms. The normalized spacial score (nSPS) is 27.8. The van der Waals surface area contributed by atoms with Gasteiger partial charge in [-0.2, -0.15) is 0 Å². The summed E-state index contributed by atoms with van der Waals surface area (Å²) in [6.45, 7) is 6.22. The highest BCUT2D eigenvalue weighted by molar-refractivity contribution is 5.07. The second-order valence-corrected chi connectivity index (χ2v) is 6.01. The maximum absolute atomic E-state index is 10.5. The van der Waals surface area contributed by atoms with Crippen LogP contribution >= 0.6 is 0 Å². The number of nitrogens with zero attached hydrogens (tertiary/aromatic N) is 2. The highest BCUT2D eigenvalue weighted by Crippen LogP contribution is 2.29. The molecule has 0 saturated carbocycles. The second kappa shape index (κ2) is 5.23. The molecule has 106 valence electrons. The molecule has 2 aliphatic heterocycles. The molecule has 0 unspecified atom stereocenters. The monoisotopic (exact) mass is 265 g/mol. The number of imidazole rings is 1. The number of nitrogens with one attached hydrogen (secondary N) is 1. The number of H-pyrrole nitrogens is 1.